The number of aryl methyl sites for hydroxylation is 1. The van der Waals surface area contributed by atoms with Gasteiger partial charge in [0.25, 0.3) is 5.91 Å². The number of amides is 1. The highest BCUT2D eigenvalue weighted by molar-refractivity contribution is 5.94. The molecule has 2 atom stereocenters. The summed E-state index contributed by atoms with van der Waals surface area (Å²) in [5.41, 5.74) is 2.97. The number of methoxy groups -OCH3 is 1. The molecule has 2 aromatic rings. The van der Waals surface area contributed by atoms with E-state index in [1.54, 1.807) is 7.11 Å². The van der Waals surface area contributed by atoms with Crippen LogP contribution in [0.4, 0.5) is 5.69 Å². The van der Waals surface area contributed by atoms with Crippen LogP contribution in [0, 0.1) is 6.92 Å². The van der Waals surface area contributed by atoms with Crippen molar-refractivity contribution in [1.82, 2.24) is 0 Å². The molecule has 0 heterocycles. The fraction of sp³-hybridized carbons (Fsp3) is 0.316. The first-order valence-corrected chi connectivity index (χ1v) is 7.86. The van der Waals surface area contributed by atoms with Gasteiger partial charge in [0.1, 0.15) is 6.04 Å². The van der Waals surface area contributed by atoms with E-state index in [1.165, 1.54) is 5.56 Å². The van der Waals surface area contributed by atoms with Gasteiger partial charge in [-0.05, 0) is 26.0 Å². The predicted octanol–water partition coefficient (Wildman–Crippen LogP) is 2.27. The molecule has 4 heteroatoms. The van der Waals surface area contributed by atoms with Crippen molar-refractivity contribution in [1.29, 1.82) is 0 Å². The smallest absolute Gasteiger partial charge is 0.287 e. The lowest BCUT2D eigenvalue weighted by atomic mass is 10.0. The number of nitrogens with one attached hydrogen (secondary N) is 1. The monoisotopic (exact) mass is 313 g/mol. The van der Waals surface area contributed by atoms with Crippen LogP contribution in [0.15, 0.2) is 54.6 Å². The highest BCUT2D eigenvalue weighted by Gasteiger charge is 2.26. The summed E-state index contributed by atoms with van der Waals surface area (Å²) in [6.45, 7) is 4.68. The highest BCUT2D eigenvalue weighted by atomic mass is 16.5. The zero-order valence-electron chi connectivity index (χ0n) is 14.0. The molecule has 0 bridgehead atoms. The zero-order chi connectivity index (χ0) is 16.7. The van der Waals surface area contributed by atoms with Crippen molar-refractivity contribution in [2.45, 2.75) is 25.9 Å². The molecule has 1 amide bonds. The van der Waals surface area contributed by atoms with Crippen molar-refractivity contribution in [3.8, 4) is 0 Å². The molecular formula is C19H25N2O2+. The average Bonchev–Trinajstić information content (AvgIpc) is 2.56. The Morgan fingerprint density at radius 1 is 1.13 bits per heavy atom. The Hall–Kier alpha value is -2.17. The first-order chi connectivity index (χ1) is 11.1. The van der Waals surface area contributed by atoms with Crippen LogP contribution in [-0.2, 0) is 9.53 Å². The lowest BCUT2D eigenvalue weighted by Gasteiger charge is -2.19. The van der Waals surface area contributed by atoms with Crippen LogP contribution in [0.3, 0.4) is 0 Å². The number of benzene rings is 2. The van der Waals surface area contributed by atoms with Crippen LogP contribution in [-0.4, -0.2) is 25.7 Å². The fourth-order valence-corrected chi connectivity index (χ4v) is 2.51. The van der Waals surface area contributed by atoms with E-state index in [0.717, 1.165) is 11.3 Å². The van der Waals surface area contributed by atoms with E-state index in [9.17, 15) is 4.79 Å². The van der Waals surface area contributed by atoms with Gasteiger partial charge < -0.3 is 15.4 Å². The molecule has 0 unspecified atom stereocenters. The number of hydrogen-bond acceptors (Lipinski definition) is 2. The van der Waals surface area contributed by atoms with E-state index >= 15 is 0 Å². The van der Waals surface area contributed by atoms with Gasteiger partial charge in [-0.2, -0.15) is 0 Å². The number of nitrogens with two attached hydrogens (primary N) is 1. The largest absolute Gasteiger partial charge is 0.379 e. The Kier molecular flexibility index (Phi) is 6.32. The predicted molar refractivity (Wildman–Crippen MR) is 92.3 cm³/mol. The molecule has 0 spiro atoms. The quantitative estimate of drug-likeness (QED) is 0.824. The van der Waals surface area contributed by atoms with Crippen molar-refractivity contribution >= 4 is 11.6 Å². The first kappa shape index (κ1) is 17.2. The Bertz CT molecular complexity index is 611. The molecule has 4 nitrogen and oxygen atoms in total. The number of quaternary nitrogens is 1. The van der Waals surface area contributed by atoms with Crippen LogP contribution in [0.1, 0.15) is 24.1 Å². The van der Waals surface area contributed by atoms with E-state index in [2.05, 4.69) is 12.2 Å². The van der Waals surface area contributed by atoms with Crippen molar-refractivity contribution in [3.63, 3.8) is 0 Å². The Morgan fingerprint density at radius 2 is 1.78 bits per heavy atom. The van der Waals surface area contributed by atoms with Crippen molar-refractivity contribution in [2.75, 3.05) is 19.0 Å². The maximum atomic E-state index is 12.8. The second-order valence-corrected chi connectivity index (χ2v) is 5.87. The standard InChI is InChI=1S/C19H24N2O2/c1-14-9-11-17(12-10-14)21-19(22)18(20-15(2)13-23-3)16-7-5-4-6-8-16/h4-12,15,18,20H,13H2,1-3H3,(H,21,22)/p+1/t15-,18+/m0/s1. The third-order valence-electron chi connectivity index (χ3n) is 3.71. The third kappa shape index (κ3) is 5.20. The van der Waals surface area contributed by atoms with Gasteiger partial charge in [0.05, 0.1) is 6.61 Å². The molecule has 0 fully saturated rings. The summed E-state index contributed by atoms with van der Waals surface area (Å²) in [6, 6.07) is 17.5. The van der Waals surface area contributed by atoms with E-state index in [-0.39, 0.29) is 18.0 Å². The van der Waals surface area contributed by atoms with Crippen LogP contribution in [0.5, 0.6) is 0 Å². The molecule has 0 aliphatic rings. The number of anilines is 1. The summed E-state index contributed by atoms with van der Waals surface area (Å²) in [4.78, 5) is 12.8. The van der Waals surface area contributed by atoms with Gasteiger partial charge in [0.2, 0.25) is 0 Å². The zero-order valence-corrected chi connectivity index (χ0v) is 14.0. The third-order valence-corrected chi connectivity index (χ3v) is 3.71. The van der Waals surface area contributed by atoms with E-state index < -0.39 is 0 Å². The molecular weight excluding hydrogens is 288 g/mol. The lowest BCUT2D eigenvalue weighted by Crippen LogP contribution is -2.92. The van der Waals surface area contributed by atoms with Gasteiger partial charge in [0, 0.05) is 18.4 Å². The van der Waals surface area contributed by atoms with Crippen LogP contribution in [0.2, 0.25) is 0 Å². The van der Waals surface area contributed by atoms with E-state index in [0.29, 0.717) is 6.61 Å². The van der Waals surface area contributed by atoms with Gasteiger partial charge in [-0.25, -0.2) is 0 Å². The number of hydrogen-bond donors (Lipinski definition) is 2. The SMILES string of the molecule is COC[C@H](C)[NH2+][C@@H](C(=O)Nc1ccc(C)cc1)c1ccccc1. The van der Waals surface area contributed by atoms with E-state index in [4.69, 9.17) is 4.74 Å². The minimum absolute atomic E-state index is 0.0250. The molecule has 2 aromatic carbocycles. The normalized spacial score (nSPS) is 13.3. The molecule has 23 heavy (non-hydrogen) atoms. The molecule has 2 rings (SSSR count). The summed E-state index contributed by atoms with van der Waals surface area (Å²) in [5, 5.41) is 5.05. The van der Waals surface area contributed by atoms with Gasteiger partial charge in [-0.3, -0.25) is 4.79 Å². The second-order valence-electron chi connectivity index (χ2n) is 5.87. The number of rotatable bonds is 7. The van der Waals surface area contributed by atoms with Gasteiger partial charge in [0.15, 0.2) is 6.04 Å². The first-order valence-electron chi connectivity index (χ1n) is 7.86. The maximum absolute atomic E-state index is 12.8. The summed E-state index contributed by atoms with van der Waals surface area (Å²) < 4.78 is 5.19. The molecule has 0 aromatic heterocycles. The summed E-state index contributed by atoms with van der Waals surface area (Å²) in [6.07, 6.45) is 0. The summed E-state index contributed by atoms with van der Waals surface area (Å²) in [7, 11) is 1.67. The minimum atomic E-state index is -0.303. The minimum Gasteiger partial charge on any atom is -0.379 e. The fourth-order valence-electron chi connectivity index (χ4n) is 2.51. The lowest BCUT2D eigenvalue weighted by molar-refractivity contribution is -0.713. The molecule has 0 aliphatic heterocycles. The topological polar surface area (TPSA) is 54.9 Å². The Balaban J connectivity index is 2.15. The molecule has 0 saturated heterocycles. The van der Waals surface area contributed by atoms with Crippen LogP contribution >= 0.6 is 0 Å². The summed E-state index contributed by atoms with van der Waals surface area (Å²) >= 11 is 0. The Labute approximate surface area is 137 Å². The van der Waals surface area contributed by atoms with Crippen LogP contribution < -0.4 is 10.6 Å². The van der Waals surface area contributed by atoms with Gasteiger partial charge in [-0.15, -0.1) is 0 Å². The van der Waals surface area contributed by atoms with E-state index in [1.807, 2.05) is 66.8 Å². The molecule has 0 radical (unpaired) electrons. The average molecular weight is 313 g/mol. The number of carbonyl (C=O) groups is 1. The maximum Gasteiger partial charge on any atom is 0.287 e. The van der Waals surface area contributed by atoms with Gasteiger partial charge >= 0.3 is 0 Å². The second kappa shape index (κ2) is 8.46. The van der Waals surface area contributed by atoms with Crippen molar-refractivity contribution in [2.24, 2.45) is 0 Å². The molecule has 0 saturated carbocycles. The van der Waals surface area contributed by atoms with Crippen molar-refractivity contribution < 1.29 is 14.8 Å². The highest BCUT2D eigenvalue weighted by Crippen LogP contribution is 2.14. The number of ether oxygens (including phenoxy) is 1. The summed E-state index contributed by atoms with van der Waals surface area (Å²) in [5.74, 6) is -0.0250. The number of carbonyl (C=O) groups excluding carboxylic acids is 1. The van der Waals surface area contributed by atoms with Gasteiger partial charge in [-0.1, -0.05) is 48.0 Å². The molecule has 0 aliphatic carbocycles. The Morgan fingerprint density at radius 3 is 2.39 bits per heavy atom. The molecule has 3 N–H and O–H groups in total. The van der Waals surface area contributed by atoms with Crippen molar-refractivity contribution in [3.05, 3.63) is 65.7 Å². The van der Waals surface area contributed by atoms with Crippen LogP contribution in [0.25, 0.3) is 0 Å². The molecule has 122 valence electrons.